The van der Waals surface area contributed by atoms with Crippen LogP contribution in [0.2, 0.25) is 0 Å². The van der Waals surface area contributed by atoms with Gasteiger partial charge in [0.2, 0.25) is 0 Å². The van der Waals surface area contributed by atoms with E-state index >= 15 is 0 Å². The third-order valence-corrected chi connectivity index (χ3v) is 4.27. The zero-order chi connectivity index (χ0) is 14.0. The molecule has 1 saturated heterocycles. The molecule has 2 atom stereocenters. The van der Waals surface area contributed by atoms with Crippen LogP contribution in [0.5, 0.6) is 0 Å². The molecule has 0 spiro atoms. The lowest BCUT2D eigenvalue weighted by molar-refractivity contribution is -0.0343. The molecule has 2 nitrogen and oxygen atoms in total. The molecule has 0 unspecified atom stereocenters. The Morgan fingerprint density at radius 2 is 2.15 bits per heavy atom. The van der Waals surface area contributed by atoms with Gasteiger partial charge in [-0.1, -0.05) is 48.1 Å². The maximum Gasteiger partial charge on any atom is 0.142 e. The first-order valence-electron chi connectivity index (χ1n) is 7.48. The quantitative estimate of drug-likeness (QED) is 0.764. The van der Waals surface area contributed by atoms with Crippen LogP contribution in [0.25, 0.3) is 0 Å². The first-order valence-corrected chi connectivity index (χ1v) is 7.48. The molecule has 2 aliphatic rings. The third kappa shape index (κ3) is 2.46. The number of benzene rings is 1. The van der Waals surface area contributed by atoms with E-state index in [4.69, 9.17) is 4.74 Å². The van der Waals surface area contributed by atoms with E-state index in [-0.39, 0.29) is 5.72 Å². The van der Waals surface area contributed by atoms with E-state index in [1.54, 1.807) is 0 Å². The number of hydrogen-bond donors (Lipinski definition) is 0. The molecular weight excluding hydrogens is 246 g/mol. The number of allylic oxidation sites excluding steroid dienone is 2. The topological polar surface area (TPSA) is 12.5 Å². The number of nitrogens with zero attached hydrogens (tertiary/aromatic N) is 1. The Morgan fingerprint density at radius 3 is 2.90 bits per heavy atom. The van der Waals surface area contributed by atoms with E-state index in [9.17, 15) is 0 Å². The van der Waals surface area contributed by atoms with Gasteiger partial charge in [-0.25, -0.2) is 0 Å². The smallest absolute Gasteiger partial charge is 0.142 e. The normalized spacial score (nSPS) is 28.6. The lowest BCUT2D eigenvalue weighted by Gasteiger charge is -2.32. The number of hydrogen-bond acceptors (Lipinski definition) is 2. The summed E-state index contributed by atoms with van der Waals surface area (Å²) in [7, 11) is 0. The molecule has 1 aromatic rings. The molecule has 0 aliphatic carbocycles. The van der Waals surface area contributed by atoms with Crippen molar-refractivity contribution in [3.8, 4) is 0 Å². The Morgan fingerprint density at radius 1 is 1.35 bits per heavy atom. The van der Waals surface area contributed by atoms with E-state index in [1.807, 2.05) is 0 Å². The van der Waals surface area contributed by atoms with Gasteiger partial charge in [0, 0.05) is 6.54 Å². The molecule has 1 fully saturated rings. The zero-order valence-electron chi connectivity index (χ0n) is 12.4. The minimum atomic E-state index is -0.174. The summed E-state index contributed by atoms with van der Waals surface area (Å²) in [5, 5.41) is 0. The monoisotopic (exact) mass is 269 g/mol. The summed E-state index contributed by atoms with van der Waals surface area (Å²) in [6, 6.07) is 11.1. The van der Waals surface area contributed by atoms with Crippen molar-refractivity contribution in [1.29, 1.82) is 0 Å². The highest BCUT2D eigenvalue weighted by Crippen LogP contribution is 2.43. The summed E-state index contributed by atoms with van der Waals surface area (Å²) in [5.41, 5.74) is 2.57. The Balaban J connectivity index is 1.76. The number of ether oxygens (including phenoxy) is 1. The van der Waals surface area contributed by atoms with Gasteiger partial charge < -0.3 is 4.74 Å². The molecule has 0 N–H and O–H groups in total. The van der Waals surface area contributed by atoms with Crippen LogP contribution in [0.1, 0.15) is 38.3 Å². The Bertz CT molecular complexity index is 515. The number of fused-ring (bicyclic) bond motifs is 1. The highest BCUT2D eigenvalue weighted by Gasteiger charge is 2.47. The molecule has 20 heavy (non-hydrogen) atoms. The minimum Gasteiger partial charge on any atom is -0.355 e. The average molecular weight is 269 g/mol. The molecule has 0 radical (unpaired) electrons. The van der Waals surface area contributed by atoms with E-state index in [0.717, 1.165) is 26.0 Å². The highest BCUT2D eigenvalue weighted by atomic mass is 16.5. The third-order valence-electron chi connectivity index (χ3n) is 4.27. The van der Waals surface area contributed by atoms with E-state index in [2.05, 4.69) is 67.3 Å². The molecule has 106 valence electrons. The van der Waals surface area contributed by atoms with Crippen molar-refractivity contribution in [1.82, 2.24) is 4.90 Å². The lowest BCUT2D eigenvalue weighted by atomic mass is 10.0. The van der Waals surface area contributed by atoms with Gasteiger partial charge >= 0.3 is 0 Å². The second-order valence-corrected chi connectivity index (χ2v) is 5.96. The summed E-state index contributed by atoms with van der Waals surface area (Å²) in [6.07, 6.45) is 8.92. The zero-order valence-corrected chi connectivity index (χ0v) is 12.4. The molecule has 2 heteroatoms. The van der Waals surface area contributed by atoms with Crippen molar-refractivity contribution in [2.24, 2.45) is 0 Å². The molecule has 3 rings (SSSR count). The second-order valence-electron chi connectivity index (χ2n) is 5.96. The summed E-state index contributed by atoms with van der Waals surface area (Å²) in [4.78, 5) is 2.50. The molecular formula is C18H23NO. The van der Waals surface area contributed by atoms with Crippen LogP contribution >= 0.6 is 0 Å². The van der Waals surface area contributed by atoms with Gasteiger partial charge in [0.25, 0.3) is 0 Å². The van der Waals surface area contributed by atoms with Gasteiger partial charge in [0.1, 0.15) is 5.72 Å². The Hall–Kier alpha value is -1.38. The van der Waals surface area contributed by atoms with Crippen molar-refractivity contribution < 1.29 is 4.74 Å². The van der Waals surface area contributed by atoms with Crippen LogP contribution in [0, 0.1) is 0 Å². The summed E-state index contributed by atoms with van der Waals surface area (Å²) >= 11 is 0. The fourth-order valence-electron chi connectivity index (χ4n) is 3.25. The molecule has 0 amide bonds. The van der Waals surface area contributed by atoms with Crippen LogP contribution in [-0.4, -0.2) is 23.8 Å². The number of rotatable bonds is 4. The van der Waals surface area contributed by atoms with E-state index in [1.165, 1.54) is 11.1 Å². The summed E-state index contributed by atoms with van der Waals surface area (Å²) in [5.74, 6) is 0. The Labute approximate surface area is 121 Å². The van der Waals surface area contributed by atoms with Crippen LogP contribution < -0.4 is 0 Å². The molecule has 2 heterocycles. The van der Waals surface area contributed by atoms with Gasteiger partial charge in [0.15, 0.2) is 0 Å². The van der Waals surface area contributed by atoms with Gasteiger partial charge in [0.05, 0.1) is 12.6 Å². The van der Waals surface area contributed by atoms with Crippen molar-refractivity contribution in [3.63, 3.8) is 0 Å². The highest BCUT2D eigenvalue weighted by molar-refractivity contribution is 5.25. The van der Waals surface area contributed by atoms with Gasteiger partial charge in [-0.2, -0.15) is 0 Å². The van der Waals surface area contributed by atoms with Crippen molar-refractivity contribution in [2.45, 2.75) is 38.5 Å². The standard InChI is InChI=1S/C18H23NO/c1-15(2)8-6-11-18-12-7-13-19(18)17(14-20-18)16-9-4-3-5-10-16/h3-5,7-10,12,17H,6,11,13-14H2,1-2H3/t17-,18-/m0/s1. The predicted octanol–water partition coefficient (Wildman–Crippen LogP) is 4.07. The lowest BCUT2D eigenvalue weighted by Crippen LogP contribution is -2.40. The van der Waals surface area contributed by atoms with Crippen molar-refractivity contribution in [3.05, 3.63) is 59.7 Å². The van der Waals surface area contributed by atoms with E-state index < -0.39 is 0 Å². The van der Waals surface area contributed by atoms with Gasteiger partial charge in [-0.15, -0.1) is 0 Å². The second kappa shape index (κ2) is 5.55. The van der Waals surface area contributed by atoms with Gasteiger partial charge in [-0.05, 0) is 38.3 Å². The van der Waals surface area contributed by atoms with Crippen LogP contribution in [-0.2, 0) is 4.74 Å². The summed E-state index contributed by atoms with van der Waals surface area (Å²) in [6.45, 7) is 6.10. The predicted molar refractivity (Wildman–Crippen MR) is 82.4 cm³/mol. The van der Waals surface area contributed by atoms with E-state index in [0.29, 0.717) is 6.04 Å². The molecule has 0 bridgehead atoms. The molecule has 1 aromatic carbocycles. The molecule has 0 aromatic heterocycles. The molecule has 2 aliphatic heterocycles. The molecule has 0 saturated carbocycles. The largest absolute Gasteiger partial charge is 0.355 e. The van der Waals surface area contributed by atoms with Crippen LogP contribution in [0.3, 0.4) is 0 Å². The maximum atomic E-state index is 6.22. The summed E-state index contributed by atoms with van der Waals surface area (Å²) < 4.78 is 6.22. The fraction of sp³-hybridized carbons (Fsp3) is 0.444. The van der Waals surface area contributed by atoms with Crippen molar-refractivity contribution >= 4 is 0 Å². The fourth-order valence-corrected chi connectivity index (χ4v) is 3.25. The van der Waals surface area contributed by atoms with Crippen molar-refractivity contribution in [2.75, 3.05) is 13.2 Å². The first kappa shape index (κ1) is 13.6. The average Bonchev–Trinajstić information content (AvgIpc) is 2.97. The van der Waals surface area contributed by atoms with Crippen LogP contribution in [0.15, 0.2) is 54.1 Å². The van der Waals surface area contributed by atoms with Crippen LogP contribution in [0.4, 0.5) is 0 Å². The van der Waals surface area contributed by atoms with Gasteiger partial charge in [-0.3, -0.25) is 4.90 Å². The maximum absolute atomic E-state index is 6.22. The first-order chi connectivity index (χ1) is 9.71. The Kier molecular flexibility index (Phi) is 3.77. The SMILES string of the molecule is CC(C)=CCC[C@]12C=CCN1[C@H](c1ccccc1)CO2. The minimum absolute atomic E-state index is 0.174.